The maximum absolute atomic E-state index is 10.1. The molecule has 0 spiro atoms. The number of phenols is 1. The number of aliphatic hydroxyl groups is 1. The van der Waals surface area contributed by atoms with E-state index < -0.39 is 5.97 Å². The maximum atomic E-state index is 10.1. The van der Waals surface area contributed by atoms with Gasteiger partial charge in [-0.2, -0.15) is 0 Å². The van der Waals surface area contributed by atoms with Gasteiger partial charge < -0.3 is 15.3 Å². The number of rotatable bonds is 12. The molecule has 3 N–H and O–H groups in total. The first kappa shape index (κ1) is 29.9. The fraction of sp³-hybridized carbons (Fsp3) is 0.500. The second-order valence-electron chi connectivity index (χ2n) is 6.79. The number of unbranched alkanes of at least 4 members (excludes halogenated alkanes) is 6. The number of carboxylic acid groups (broad SMARTS) is 1. The number of hydrogen-bond donors (Lipinski definition) is 3. The van der Waals surface area contributed by atoms with Gasteiger partial charge in [0.2, 0.25) is 0 Å². The van der Waals surface area contributed by atoms with Crippen molar-refractivity contribution in [2.24, 2.45) is 0 Å². The molecule has 30 heavy (non-hydrogen) atoms. The molecule has 0 saturated carbocycles. The minimum Gasteiger partial charge on any atom is -0.508 e. The highest BCUT2D eigenvalue weighted by Gasteiger charge is 1.89. The summed E-state index contributed by atoms with van der Waals surface area (Å²) in [7, 11) is 0. The zero-order valence-corrected chi connectivity index (χ0v) is 19.1. The first-order valence-corrected chi connectivity index (χ1v) is 11.1. The molecule has 0 aliphatic heterocycles. The van der Waals surface area contributed by atoms with Crippen molar-refractivity contribution < 1.29 is 20.1 Å². The van der Waals surface area contributed by atoms with Gasteiger partial charge in [-0.15, -0.1) is 0 Å². The molecule has 0 saturated heterocycles. The fourth-order valence-electron chi connectivity index (χ4n) is 2.26. The lowest BCUT2D eigenvalue weighted by molar-refractivity contribution is -0.131. The van der Waals surface area contributed by atoms with Crippen LogP contribution >= 0.6 is 0 Å². The van der Waals surface area contributed by atoms with E-state index in [4.69, 9.17) is 15.3 Å². The van der Waals surface area contributed by atoms with Crippen LogP contribution in [0.25, 0.3) is 6.08 Å². The van der Waals surface area contributed by atoms with Crippen molar-refractivity contribution in [3.05, 3.63) is 60.2 Å². The van der Waals surface area contributed by atoms with Gasteiger partial charge in [0, 0.05) is 6.08 Å². The molecule has 4 nitrogen and oxygen atoms in total. The normalized spacial score (nSPS) is 10.7. The van der Waals surface area contributed by atoms with Crippen LogP contribution in [-0.4, -0.2) is 27.9 Å². The highest BCUT2D eigenvalue weighted by molar-refractivity contribution is 5.85. The van der Waals surface area contributed by atoms with Crippen LogP contribution in [0.4, 0.5) is 0 Å². The third kappa shape index (κ3) is 25.7. The molecule has 0 aromatic heterocycles. The van der Waals surface area contributed by atoms with Gasteiger partial charge in [0.15, 0.2) is 0 Å². The number of allylic oxidation sites excluding steroid dienone is 3. The highest BCUT2D eigenvalue weighted by Crippen LogP contribution is 2.10. The van der Waals surface area contributed by atoms with Crippen molar-refractivity contribution in [2.45, 2.75) is 78.6 Å². The number of aliphatic hydroxyl groups excluding tert-OH is 1. The number of hydrogen-bond acceptors (Lipinski definition) is 3. The van der Waals surface area contributed by atoms with E-state index in [2.05, 4.69) is 39.0 Å². The predicted octanol–water partition coefficient (Wildman–Crippen LogP) is 7.14. The summed E-state index contributed by atoms with van der Waals surface area (Å²) in [6.07, 6.45) is 22.3. The Labute approximate surface area is 183 Å². The number of carboxylic acids is 1. The van der Waals surface area contributed by atoms with E-state index in [0.29, 0.717) is 0 Å². The second kappa shape index (κ2) is 24.7. The second-order valence-corrected chi connectivity index (χ2v) is 6.79. The van der Waals surface area contributed by atoms with Crippen molar-refractivity contribution in [1.82, 2.24) is 0 Å². The summed E-state index contributed by atoms with van der Waals surface area (Å²) in [6.45, 7) is 6.77. The Morgan fingerprint density at radius 1 is 0.833 bits per heavy atom. The molecule has 0 amide bonds. The molecule has 0 fully saturated rings. The van der Waals surface area contributed by atoms with Crippen LogP contribution in [0.2, 0.25) is 0 Å². The fourth-order valence-corrected chi connectivity index (χ4v) is 2.26. The average molecular weight is 419 g/mol. The monoisotopic (exact) mass is 418 g/mol. The van der Waals surface area contributed by atoms with Crippen molar-refractivity contribution >= 4 is 12.0 Å². The van der Waals surface area contributed by atoms with Gasteiger partial charge in [-0.05, 0) is 49.5 Å². The molecule has 0 aliphatic carbocycles. The van der Waals surface area contributed by atoms with Crippen LogP contribution in [0, 0.1) is 0 Å². The summed E-state index contributed by atoms with van der Waals surface area (Å²) in [4.78, 5) is 10.1. The van der Waals surface area contributed by atoms with Gasteiger partial charge >= 0.3 is 5.97 Å². The van der Waals surface area contributed by atoms with E-state index in [1.807, 2.05) is 6.08 Å². The molecule has 0 atom stereocenters. The number of phenolic OH excluding ortho intramolecular Hbond substituents is 1. The Kier molecular flexibility index (Phi) is 24.6. The summed E-state index contributed by atoms with van der Waals surface area (Å²) in [5.74, 6) is -0.814. The summed E-state index contributed by atoms with van der Waals surface area (Å²) in [6, 6.07) is 6.27. The Hall–Kier alpha value is -2.33. The van der Waals surface area contributed by atoms with Crippen LogP contribution in [0.15, 0.2) is 54.6 Å². The topological polar surface area (TPSA) is 77.8 Å². The minimum atomic E-state index is -0.983. The van der Waals surface area contributed by atoms with Crippen molar-refractivity contribution in [1.29, 1.82) is 0 Å². The molecule has 1 aromatic carbocycles. The standard InChI is InChI=1S/C10H20O.C9H8O3.C7H14/c1-2-3-4-5-6-7-8-9-10-11;10-8-4-1-7(2-5-8)3-6-9(11)12;1-3-5-7-6-4-2/h8-9,11H,2-7,10H2,1H3;1-6,10H,(H,11,12);5,7H,3-4,6H2,1-2H3/b9-8+;6-3+;7-5+. The number of carbonyl (C=O) groups is 1. The van der Waals surface area contributed by atoms with Crippen LogP contribution in [-0.2, 0) is 4.79 Å². The van der Waals surface area contributed by atoms with Gasteiger partial charge in [0.1, 0.15) is 5.75 Å². The van der Waals surface area contributed by atoms with Gasteiger partial charge in [-0.1, -0.05) is 89.3 Å². The minimum absolute atomic E-state index is 0.169. The first-order valence-electron chi connectivity index (χ1n) is 11.1. The van der Waals surface area contributed by atoms with Crippen LogP contribution in [0.5, 0.6) is 5.75 Å². The third-order valence-electron chi connectivity index (χ3n) is 3.92. The molecular weight excluding hydrogens is 376 g/mol. The molecular formula is C26H42O4. The molecule has 0 unspecified atom stereocenters. The number of aliphatic carboxylic acids is 1. The lowest BCUT2D eigenvalue weighted by Gasteiger charge is -1.95. The lowest BCUT2D eigenvalue weighted by atomic mass is 10.1. The summed E-state index contributed by atoms with van der Waals surface area (Å²) in [5, 5.41) is 25.6. The van der Waals surface area contributed by atoms with Gasteiger partial charge in [0.25, 0.3) is 0 Å². The van der Waals surface area contributed by atoms with E-state index >= 15 is 0 Å². The van der Waals surface area contributed by atoms with Crippen LogP contribution < -0.4 is 0 Å². The maximum Gasteiger partial charge on any atom is 0.328 e. The molecule has 170 valence electrons. The SMILES string of the molecule is CC/C=C/CCC.CCCCCCC/C=C/CO.O=C(O)/C=C/c1ccc(O)cc1. The van der Waals surface area contributed by atoms with E-state index in [-0.39, 0.29) is 12.4 Å². The molecule has 1 aromatic rings. The van der Waals surface area contributed by atoms with Crippen molar-refractivity contribution in [3.8, 4) is 5.75 Å². The predicted molar refractivity (Wildman–Crippen MR) is 129 cm³/mol. The van der Waals surface area contributed by atoms with Gasteiger partial charge in [-0.3, -0.25) is 0 Å². The smallest absolute Gasteiger partial charge is 0.328 e. The highest BCUT2D eigenvalue weighted by atomic mass is 16.4. The lowest BCUT2D eigenvalue weighted by Crippen LogP contribution is -1.85. The molecule has 4 heteroatoms. The summed E-state index contributed by atoms with van der Waals surface area (Å²) in [5.41, 5.74) is 0.746. The van der Waals surface area contributed by atoms with E-state index in [0.717, 1.165) is 18.1 Å². The molecule has 0 aliphatic rings. The quantitative estimate of drug-likeness (QED) is 0.191. The van der Waals surface area contributed by atoms with Crippen molar-refractivity contribution in [2.75, 3.05) is 6.61 Å². The third-order valence-corrected chi connectivity index (χ3v) is 3.92. The van der Waals surface area contributed by atoms with Crippen LogP contribution in [0.3, 0.4) is 0 Å². The Bertz CT molecular complexity index is 571. The summed E-state index contributed by atoms with van der Waals surface area (Å²) >= 11 is 0. The summed E-state index contributed by atoms with van der Waals surface area (Å²) < 4.78 is 0. The average Bonchev–Trinajstić information content (AvgIpc) is 2.74. The molecule has 0 heterocycles. The van der Waals surface area contributed by atoms with Crippen molar-refractivity contribution in [3.63, 3.8) is 0 Å². The van der Waals surface area contributed by atoms with E-state index in [1.54, 1.807) is 12.1 Å². The van der Waals surface area contributed by atoms with Gasteiger partial charge in [-0.25, -0.2) is 4.79 Å². The molecule has 0 bridgehead atoms. The Balaban J connectivity index is 0. The van der Waals surface area contributed by atoms with E-state index in [1.165, 1.54) is 69.6 Å². The zero-order chi connectivity index (χ0) is 22.9. The van der Waals surface area contributed by atoms with Gasteiger partial charge in [0.05, 0.1) is 6.61 Å². The van der Waals surface area contributed by atoms with Crippen LogP contribution in [0.1, 0.15) is 84.1 Å². The number of aromatic hydroxyl groups is 1. The Morgan fingerprint density at radius 3 is 2.00 bits per heavy atom. The largest absolute Gasteiger partial charge is 0.508 e. The molecule has 1 rings (SSSR count). The number of benzene rings is 1. The van der Waals surface area contributed by atoms with E-state index in [9.17, 15) is 4.79 Å². The molecule has 0 radical (unpaired) electrons. The Morgan fingerprint density at radius 2 is 1.47 bits per heavy atom. The first-order chi connectivity index (χ1) is 14.5. The zero-order valence-electron chi connectivity index (χ0n) is 19.1.